The number of rotatable bonds is 4. The van der Waals surface area contributed by atoms with Crippen LogP contribution in [0.5, 0.6) is 5.75 Å². The average Bonchev–Trinajstić information content (AvgIpc) is 2.19. The number of halogens is 3. The van der Waals surface area contributed by atoms with Crippen molar-refractivity contribution in [2.75, 3.05) is 0 Å². The van der Waals surface area contributed by atoms with E-state index in [1.807, 2.05) is 0 Å². The third-order valence-electron chi connectivity index (χ3n) is 1.72. The zero-order chi connectivity index (χ0) is 12.3. The predicted molar refractivity (Wildman–Crippen MR) is 45.6 cm³/mol. The molecule has 0 spiro atoms. The van der Waals surface area contributed by atoms with Gasteiger partial charge in [0.15, 0.2) is 17.7 Å². The zero-order valence-electron chi connectivity index (χ0n) is 7.73. The quantitative estimate of drug-likeness (QED) is 0.832. The van der Waals surface area contributed by atoms with Crippen LogP contribution in [0.4, 0.5) is 13.2 Å². The number of aliphatic hydroxyl groups excluding tert-OH is 1. The van der Waals surface area contributed by atoms with Crippen LogP contribution in [-0.4, -0.2) is 22.8 Å². The maximum atomic E-state index is 13.1. The molecule has 4 nitrogen and oxygen atoms in total. The highest BCUT2D eigenvalue weighted by atomic mass is 19.3. The summed E-state index contributed by atoms with van der Waals surface area (Å²) in [5.74, 6) is -3.45. The summed E-state index contributed by atoms with van der Waals surface area (Å²) in [6.45, 7) is -3.18. The minimum absolute atomic E-state index is 0.258. The zero-order valence-corrected chi connectivity index (χ0v) is 7.73. The Labute approximate surface area is 87.9 Å². The molecular weight excluding hydrogens is 229 g/mol. The Morgan fingerprint density at radius 1 is 1.38 bits per heavy atom. The van der Waals surface area contributed by atoms with Crippen molar-refractivity contribution in [2.45, 2.75) is 12.7 Å². The van der Waals surface area contributed by atoms with E-state index >= 15 is 0 Å². The van der Waals surface area contributed by atoms with Gasteiger partial charge in [-0.15, -0.1) is 0 Å². The van der Waals surface area contributed by atoms with Gasteiger partial charge in [0, 0.05) is 0 Å². The molecule has 1 rings (SSSR count). The number of ether oxygens (including phenoxy) is 1. The topological polar surface area (TPSA) is 66.8 Å². The monoisotopic (exact) mass is 236 g/mol. The Morgan fingerprint density at radius 2 is 2.00 bits per heavy atom. The second kappa shape index (κ2) is 4.84. The van der Waals surface area contributed by atoms with Crippen LogP contribution in [0.2, 0.25) is 0 Å². The molecule has 0 aromatic heterocycles. The van der Waals surface area contributed by atoms with E-state index < -0.39 is 30.3 Å². The van der Waals surface area contributed by atoms with Crippen molar-refractivity contribution in [1.29, 1.82) is 0 Å². The summed E-state index contributed by atoms with van der Waals surface area (Å²) in [5, 5.41) is 17.5. The Bertz CT molecular complexity index is 394. The van der Waals surface area contributed by atoms with Gasteiger partial charge >= 0.3 is 12.6 Å². The third kappa shape index (κ3) is 2.86. The maximum absolute atomic E-state index is 13.1. The standard InChI is InChI=1S/C9H7F3O4/c10-5-3-4(7(13)8(14)15)1-2-6(5)16-9(11)12/h1-3,7,9,13H,(H,14,15). The summed E-state index contributed by atoms with van der Waals surface area (Å²) >= 11 is 0. The molecule has 2 N–H and O–H groups in total. The molecule has 0 radical (unpaired) electrons. The summed E-state index contributed by atoms with van der Waals surface area (Å²) in [6, 6.07) is 2.43. The molecule has 0 saturated heterocycles. The highest BCUT2D eigenvalue weighted by molar-refractivity contribution is 5.74. The van der Waals surface area contributed by atoms with Crippen LogP contribution in [0.25, 0.3) is 0 Å². The molecule has 0 aliphatic carbocycles. The highest BCUT2D eigenvalue weighted by Gasteiger charge is 2.18. The molecule has 0 fully saturated rings. The average molecular weight is 236 g/mol. The number of hydrogen-bond donors (Lipinski definition) is 2. The maximum Gasteiger partial charge on any atom is 0.387 e. The van der Waals surface area contributed by atoms with Crippen molar-refractivity contribution in [3.8, 4) is 5.75 Å². The van der Waals surface area contributed by atoms with Crippen LogP contribution in [0.3, 0.4) is 0 Å². The van der Waals surface area contributed by atoms with Crippen LogP contribution >= 0.6 is 0 Å². The third-order valence-corrected chi connectivity index (χ3v) is 1.72. The number of alkyl halides is 2. The minimum Gasteiger partial charge on any atom is -0.479 e. The number of aliphatic hydroxyl groups is 1. The van der Waals surface area contributed by atoms with E-state index in [4.69, 9.17) is 10.2 Å². The van der Waals surface area contributed by atoms with Gasteiger partial charge in [0.05, 0.1) is 0 Å². The number of aliphatic carboxylic acids is 1. The Morgan fingerprint density at radius 3 is 2.44 bits per heavy atom. The van der Waals surface area contributed by atoms with E-state index in [0.29, 0.717) is 6.07 Å². The van der Waals surface area contributed by atoms with Gasteiger partial charge in [0.1, 0.15) is 0 Å². The first-order valence-corrected chi connectivity index (χ1v) is 4.07. The first-order chi connectivity index (χ1) is 7.41. The SMILES string of the molecule is O=C(O)C(O)c1ccc(OC(F)F)c(F)c1. The fourth-order valence-electron chi connectivity index (χ4n) is 1.02. The van der Waals surface area contributed by atoms with E-state index in [1.165, 1.54) is 0 Å². The molecule has 0 heterocycles. The van der Waals surface area contributed by atoms with Gasteiger partial charge in [-0.25, -0.2) is 9.18 Å². The fourth-order valence-corrected chi connectivity index (χ4v) is 1.02. The van der Waals surface area contributed by atoms with Gasteiger partial charge in [0.2, 0.25) is 0 Å². The lowest BCUT2D eigenvalue weighted by Gasteiger charge is -2.09. The van der Waals surface area contributed by atoms with Crippen molar-refractivity contribution in [3.63, 3.8) is 0 Å². The summed E-state index contributed by atoms with van der Waals surface area (Å²) < 4.78 is 40.4. The van der Waals surface area contributed by atoms with Crippen LogP contribution in [0.15, 0.2) is 18.2 Å². The molecule has 0 saturated carbocycles. The van der Waals surface area contributed by atoms with Gasteiger partial charge in [-0.05, 0) is 17.7 Å². The van der Waals surface area contributed by atoms with E-state index in [0.717, 1.165) is 12.1 Å². The predicted octanol–water partition coefficient (Wildman–Crippen LogP) is 1.55. The van der Waals surface area contributed by atoms with Crippen molar-refractivity contribution < 1.29 is 32.9 Å². The van der Waals surface area contributed by atoms with Gasteiger partial charge in [-0.2, -0.15) is 8.78 Å². The molecule has 0 bridgehead atoms. The Kier molecular flexibility index (Phi) is 3.73. The van der Waals surface area contributed by atoms with Crippen molar-refractivity contribution in [3.05, 3.63) is 29.6 Å². The molecule has 0 aliphatic heterocycles. The van der Waals surface area contributed by atoms with Crippen LogP contribution < -0.4 is 4.74 Å². The number of carbonyl (C=O) groups is 1. The molecule has 1 unspecified atom stereocenters. The second-order valence-electron chi connectivity index (χ2n) is 2.81. The molecule has 0 aliphatic rings. The van der Waals surface area contributed by atoms with Crippen molar-refractivity contribution in [2.24, 2.45) is 0 Å². The summed E-state index contributed by atoms with van der Waals surface area (Å²) in [5.41, 5.74) is -0.258. The van der Waals surface area contributed by atoms with Gasteiger partial charge < -0.3 is 14.9 Å². The van der Waals surface area contributed by atoms with Crippen molar-refractivity contribution >= 4 is 5.97 Å². The molecule has 1 atom stereocenters. The molecule has 0 amide bonds. The summed E-state index contributed by atoms with van der Waals surface area (Å²) in [7, 11) is 0. The number of benzene rings is 1. The van der Waals surface area contributed by atoms with E-state index in [9.17, 15) is 18.0 Å². The largest absolute Gasteiger partial charge is 0.479 e. The van der Waals surface area contributed by atoms with E-state index in [2.05, 4.69) is 4.74 Å². The molecule has 88 valence electrons. The smallest absolute Gasteiger partial charge is 0.387 e. The second-order valence-corrected chi connectivity index (χ2v) is 2.81. The summed E-state index contributed by atoms with van der Waals surface area (Å²) in [4.78, 5) is 10.4. The fraction of sp³-hybridized carbons (Fsp3) is 0.222. The first kappa shape index (κ1) is 12.3. The Hall–Kier alpha value is -1.76. The van der Waals surface area contributed by atoms with Crippen LogP contribution in [0, 0.1) is 5.82 Å². The molecule has 7 heteroatoms. The first-order valence-electron chi connectivity index (χ1n) is 4.07. The van der Waals surface area contributed by atoms with Gasteiger partial charge in [0.25, 0.3) is 0 Å². The normalized spacial score (nSPS) is 12.6. The van der Waals surface area contributed by atoms with Gasteiger partial charge in [-0.3, -0.25) is 0 Å². The lowest BCUT2D eigenvalue weighted by Crippen LogP contribution is -2.11. The van der Waals surface area contributed by atoms with Crippen molar-refractivity contribution in [1.82, 2.24) is 0 Å². The summed E-state index contributed by atoms with van der Waals surface area (Å²) in [6.07, 6.45) is -1.91. The lowest BCUT2D eigenvalue weighted by molar-refractivity contribution is -0.147. The minimum atomic E-state index is -3.18. The highest BCUT2D eigenvalue weighted by Crippen LogP contribution is 2.23. The number of carboxylic acid groups (broad SMARTS) is 1. The van der Waals surface area contributed by atoms with Crippen LogP contribution in [0.1, 0.15) is 11.7 Å². The van der Waals surface area contributed by atoms with Crippen LogP contribution in [-0.2, 0) is 4.79 Å². The van der Waals surface area contributed by atoms with E-state index in [1.54, 1.807) is 0 Å². The van der Waals surface area contributed by atoms with Gasteiger partial charge in [-0.1, -0.05) is 6.07 Å². The molecular formula is C9H7F3O4. The molecule has 16 heavy (non-hydrogen) atoms. The van der Waals surface area contributed by atoms with E-state index in [-0.39, 0.29) is 5.56 Å². The molecule has 1 aromatic rings. The number of carboxylic acids is 1. The Balaban J connectivity index is 2.95. The molecule has 1 aromatic carbocycles. The number of hydrogen-bond acceptors (Lipinski definition) is 3. The lowest BCUT2D eigenvalue weighted by atomic mass is 10.1.